The Labute approximate surface area is 118 Å². The van der Waals surface area contributed by atoms with Crippen molar-refractivity contribution < 1.29 is 9.53 Å². The summed E-state index contributed by atoms with van der Waals surface area (Å²) in [7, 11) is 1.56. The van der Waals surface area contributed by atoms with Crippen LogP contribution >= 0.6 is 11.3 Å². The molecule has 0 aliphatic heterocycles. The molecule has 6 heteroatoms. The predicted octanol–water partition coefficient (Wildman–Crippen LogP) is 2.69. The Morgan fingerprint density at radius 2 is 2.16 bits per heavy atom. The minimum Gasteiger partial charge on any atom is -0.492 e. The van der Waals surface area contributed by atoms with Crippen molar-refractivity contribution in [2.24, 2.45) is 0 Å². The van der Waals surface area contributed by atoms with Crippen molar-refractivity contribution in [1.29, 1.82) is 0 Å². The van der Waals surface area contributed by atoms with Crippen LogP contribution in [-0.4, -0.2) is 25.6 Å². The van der Waals surface area contributed by atoms with Gasteiger partial charge >= 0.3 is 0 Å². The van der Waals surface area contributed by atoms with Crippen molar-refractivity contribution in [3.05, 3.63) is 4.88 Å². The molecule has 1 amide bonds. The number of hydrogen-bond acceptors (Lipinski definition) is 5. The van der Waals surface area contributed by atoms with E-state index in [-0.39, 0.29) is 5.91 Å². The minimum absolute atomic E-state index is 0.139. The summed E-state index contributed by atoms with van der Waals surface area (Å²) in [6.45, 7) is 6.82. The molecule has 108 valence electrons. The standard InChI is InChI=1S/C13H23N3O2S/c1-5-7-15-12(17)11-9(14)10(18-4)13(19-11)16-8(3)6-2/h8,16H,5-7,14H2,1-4H3,(H,15,17). The monoisotopic (exact) mass is 285 g/mol. The highest BCUT2D eigenvalue weighted by molar-refractivity contribution is 7.19. The molecule has 1 atom stereocenters. The van der Waals surface area contributed by atoms with Gasteiger partial charge in [-0.2, -0.15) is 0 Å². The lowest BCUT2D eigenvalue weighted by Gasteiger charge is -2.12. The highest BCUT2D eigenvalue weighted by Crippen LogP contribution is 2.42. The molecule has 1 unspecified atom stereocenters. The first-order valence-corrected chi connectivity index (χ1v) is 7.37. The number of amides is 1. The van der Waals surface area contributed by atoms with Gasteiger partial charge in [0.15, 0.2) is 5.75 Å². The molecule has 0 fully saturated rings. The molecule has 0 saturated carbocycles. The first kappa shape index (κ1) is 15.6. The number of rotatable bonds is 7. The molecule has 5 nitrogen and oxygen atoms in total. The molecule has 19 heavy (non-hydrogen) atoms. The number of carbonyl (C=O) groups excluding carboxylic acids is 1. The van der Waals surface area contributed by atoms with Crippen molar-refractivity contribution in [3.8, 4) is 5.75 Å². The van der Waals surface area contributed by atoms with E-state index >= 15 is 0 Å². The van der Waals surface area contributed by atoms with Crippen LogP contribution < -0.4 is 21.1 Å². The third-order valence-electron chi connectivity index (χ3n) is 2.84. The fraction of sp³-hybridized carbons (Fsp3) is 0.615. The van der Waals surface area contributed by atoms with E-state index in [1.165, 1.54) is 11.3 Å². The number of carbonyl (C=O) groups is 1. The first-order valence-electron chi connectivity index (χ1n) is 6.56. The second-order valence-electron chi connectivity index (χ2n) is 4.42. The summed E-state index contributed by atoms with van der Waals surface area (Å²) in [5.74, 6) is 0.423. The molecule has 1 rings (SSSR count). The van der Waals surface area contributed by atoms with Crippen LogP contribution in [0.4, 0.5) is 10.7 Å². The van der Waals surface area contributed by atoms with E-state index in [4.69, 9.17) is 10.5 Å². The van der Waals surface area contributed by atoms with Gasteiger partial charge in [0.1, 0.15) is 15.6 Å². The van der Waals surface area contributed by atoms with Crippen LogP contribution in [-0.2, 0) is 0 Å². The lowest BCUT2D eigenvalue weighted by atomic mass is 10.2. The van der Waals surface area contributed by atoms with Gasteiger partial charge in [0, 0.05) is 12.6 Å². The van der Waals surface area contributed by atoms with Gasteiger partial charge in [0.05, 0.1) is 7.11 Å². The van der Waals surface area contributed by atoms with Crippen molar-refractivity contribution >= 4 is 27.9 Å². The molecular formula is C13H23N3O2S. The third-order valence-corrected chi connectivity index (χ3v) is 3.95. The summed E-state index contributed by atoms with van der Waals surface area (Å²) in [4.78, 5) is 12.5. The maximum Gasteiger partial charge on any atom is 0.263 e. The number of thiophene rings is 1. The van der Waals surface area contributed by atoms with Crippen LogP contribution in [0.5, 0.6) is 5.75 Å². The summed E-state index contributed by atoms with van der Waals surface area (Å²) in [5, 5.41) is 6.96. The van der Waals surface area contributed by atoms with E-state index in [0.29, 0.717) is 28.9 Å². The van der Waals surface area contributed by atoms with Gasteiger partial charge in [0.25, 0.3) is 5.91 Å². The Kier molecular flexibility index (Phi) is 5.95. The van der Waals surface area contributed by atoms with Crippen molar-refractivity contribution in [2.75, 3.05) is 24.7 Å². The molecule has 1 heterocycles. The molecule has 0 aliphatic rings. The zero-order valence-electron chi connectivity index (χ0n) is 12.0. The summed E-state index contributed by atoms with van der Waals surface area (Å²) < 4.78 is 5.30. The minimum atomic E-state index is -0.139. The highest BCUT2D eigenvalue weighted by Gasteiger charge is 2.22. The quantitative estimate of drug-likeness (QED) is 0.720. The number of ether oxygens (including phenoxy) is 1. The average molecular weight is 285 g/mol. The summed E-state index contributed by atoms with van der Waals surface area (Å²) in [6.07, 6.45) is 1.88. The van der Waals surface area contributed by atoms with Crippen LogP contribution in [0.25, 0.3) is 0 Å². The van der Waals surface area contributed by atoms with Crippen LogP contribution in [0.2, 0.25) is 0 Å². The number of nitrogens with two attached hydrogens (primary N) is 1. The predicted molar refractivity (Wildman–Crippen MR) is 81.3 cm³/mol. The van der Waals surface area contributed by atoms with E-state index < -0.39 is 0 Å². The van der Waals surface area contributed by atoms with Gasteiger partial charge < -0.3 is 21.1 Å². The Morgan fingerprint density at radius 3 is 2.68 bits per heavy atom. The van der Waals surface area contributed by atoms with Crippen molar-refractivity contribution in [1.82, 2.24) is 5.32 Å². The second-order valence-corrected chi connectivity index (χ2v) is 5.44. The molecule has 0 saturated heterocycles. The SMILES string of the molecule is CCCNC(=O)c1sc(NC(C)CC)c(OC)c1N. The Hall–Kier alpha value is -1.43. The van der Waals surface area contributed by atoms with Crippen molar-refractivity contribution in [2.45, 2.75) is 39.7 Å². The molecule has 4 N–H and O–H groups in total. The maximum absolute atomic E-state index is 12.0. The van der Waals surface area contributed by atoms with Gasteiger partial charge in [-0.1, -0.05) is 13.8 Å². The topological polar surface area (TPSA) is 76.4 Å². The Morgan fingerprint density at radius 1 is 1.47 bits per heavy atom. The average Bonchev–Trinajstić information content (AvgIpc) is 2.72. The number of nitrogens with one attached hydrogen (secondary N) is 2. The van der Waals surface area contributed by atoms with Gasteiger partial charge in [0.2, 0.25) is 0 Å². The summed E-state index contributed by atoms with van der Waals surface area (Å²) in [6, 6.07) is 0.304. The number of hydrogen-bond donors (Lipinski definition) is 3. The summed E-state index contributed by atoms with van der Waals surface area (Å²) in [5.41, 5.74) is 6.40. The van der Waals surface area contributed by atoms with E-state index in [2.05, 4.69) is 24.5 Å². The van der Waals surface area contributed by atoms with Crippen LogP contribution in [0.1, 0.15) is 43.3 Å². The highest BCUT2D eigenvalue weighted by atomic mass is 32.1. The molecule has 1 aromatic rings. The summed E-state index contributed by atoms with van der Waals surface area (Å²) >= 11 is 1.34. The molecule has 0 radical (unpaired) electrons. The molecule has 0 spiro atoms. The van der Waals surface area contributed by atoms with Gasteiger partial charge in [-0.25, -0.2) is 0 Å². The lowest BCUT2D eigenvalue weighted by Crippen LogP contribution is -2.23. The molecule has 0 aromatic carbocycles. The van der Waals surface area contributed by atoms with E-state index in [0.717, 1.165) is 17.8 Å². The van der Waals surface area contributed by atoms with Gasteiger partial charge in [-0.15, -0.1) is 11.3 Å². The van der Waals surface area contributed by atoms with E-state index in [9.17, 15) is 4.79 Å². The fourth-order valence-corrected chi connectivity index (χ4v) is 2.66. The van der Waals surface area contributed by atoms with E-state index in [1.807, 2.05) is 6.92 Å². The second kappa shape index (κ2) is 7.23. The number of nitrogen functional groups attached to an aromatic ring is 1. The number of anilines is 2. The molecule has 0 bridgehead atoms. The smallest absolute Gasteiger partial charge is 0.263 e. The Balaban J connectivity index is 2.97. The maximum atomic E-state index is 12.0. The van der Waals surface area contributed by atoms with E-state index in [1.54, 1.807) is 7.11 Å². The van der Waals surface area contributed by atoms with Gasteiger partial charge in [-0.3, -0.25) is 4.79 Å². The zero-order chi connectivity index (χ0) is 14.4. The van der Waals surface area contributed by atoms with Gasteiger partial charge in [-0.05, 0) is 19.8 Å². The lowest BCUT2D eigenvalue weighted by molar-refractivity contribution is 0.0958. The first-order chi connectivity index (χ1) is 9.04. The van der Waals surface area contributed by atoms with Crippen LogP contribution in [0, 0.1) is 0 Å². The van der Waals surface area contributed by atoms with Crippen LogP contribution in [0.3, 0.4) is 0 Å². The molecule has 0 aliphatic carbocycles. The normalized spacial score (nSPS) is 12.0. The fourth-order valence-electron chi connectivity index (χ4n) is 1.54. The third kappa shape index (κ3) is 3.76. The Bertz CT molecular complexity index is 432. The van der Waals surface area contributed by atoms with Crippen molar-refractivity contribution in [3.63, 3.8) is 0 Å². The van der Waals surface area contributed by atoms with Crippen LogP contribution in [0.15, 0.2) is 0 Å². The largest absolute Gasteiger partial charge is 0.492 e. The molecular weight excluding hydrogens is 262 g/mol. The number of methoxy groups -OCH3 is 1. The zero-order valence-corrected chi connectivity index (χ0v) is 12.8. The molecule has 1 aromatic heterocycles.